The van der Waals surface area contributed by atoms with Gasteiger partial charge in [-0.2, -0.15) is 0 Å². The molecule has 2 N–H and O–H groups in total. The molecular formula is C48H74O6Si. The van der Waals surface area contributed by atoms with Gasteiger partial charge in [-0.15, -0.1) is 5.73 Å². The number of allylic oxidation sites excluding steroid dienone is 13. The van der Waals surface area contributed by atoms with Crippen LogP contribution in [0.15, 0.2) is 100 Å². The fourth-order valence-corrected chi connectivity index (χ4v) is 12.2. The molecule has 0 spiro atoms. The number of hydrogen-bond acceptors (Lipinski definition) is 6. The van der Waals surface area contributed by atoms with Crippen LogP contribution in [0.25, 0.3) is 0 Å². The molecule has 1 heterocycles. The highest BCUT2D eigenvalue weighted by atomic mass is 28.4. The van der Waals surface area contributed by atoms with Gasteiger partial charge in [0, 0.05) is 37.9 Å². The number of carbonyl (C=O) groups excluding carboxylic acids is 1. The molecule has 0 bridgehead atoms. The molecule has 2 saturated carbocycles. The predicted molar refractivity (Wildman–Crippen MR) is 231 cm³/mol. The number of hydrogen-bond donors (Lipinski definition) is 2. The minimum atomic E-state index is -1.71. The summed E-state index contributed by atoms with van der Waals surface area (Å²) in [5, 5.41) is 22.5. The molecule has 3 aliphatic rings. The van der Waals surface area contributed by atoms with Crippen molar-refractivity contribution in [3.05, 3.63) is 100 Å². The minimum Gasteiger partial charge on any atom is -0.462 e. The summed E-state index contributed by atoms with van der Waals surface area (Å²) >= 11 is 0. The van der Waals surface area contributed by atoms with E-state index in [0.29, 0.717) is 19.3 Å². The van der Waals surface area contributed by atoms with Crippen molar-refractivity contribution in [3.8, 4) is 0 Å². The largest absolute Gasteiger partial charge is 0.462 e. The van der Waals surface area contributed by atoms with Crippen LogP contribution in [0, 0.1) is 10.8 Å². The van der Waals surface area contributed by atoms with E-state index in [2.05, 4.69) is 99.3 Å². The third-order valence-electron chi connectivity index (χ3n) is 12.6. The van der Waals surface area contributed by atoms with Gasteiger partial charge in [0.1, 0.15) is 11.7 Å². The van der Waals surface area contributed by atoms with Crippen LogP contribution in [0.5, 0.6) is 0 Å². The maximum Gasteiger partial charge on any atom is 0.302 e. The van der Waals surface area contributed by atoms with Gasteiger partial charge in [0.05, 0.1) is 17.3 Å². The molecule has 0 amide bonds. The Hall–Kier alpha value is -2.77. The van der Waals surface area contributed by atoms with Crippen molar-refractivity contribution in [2.24, 2.45) is 10.8 Å². The fourth-order valence-electron chi connectivity index (χ4n) is 9.33. The molecule has 0 radical (unpaired) electrons. The second kappa shape index (κ2) is 18.7. The van der Waals surface area contributed by atoms with Gasteiger partial charge >= 0.3 is 5.97 Å². The Morgan fingerprint density at radius 2 is 1.35 bits per heavy atom. The number of aliphatic hydroxyl groups excluding tert-OH is 1. The van der Waals surface area contributed by atoms with E-state index in [4.69, 9.17) is 13.9 Å². The minimum absolute atomic E-state index is 0.0900. The Labute approximate surface area is 335 Å². The smallest absolute Gasteiger partial charge is 0.302 e. The fraction of sp³-hybridized carbons (Fsp3) is 0.625. The Kier molecular flexibility index (Phi) is 15.8. The highest BCUT2D eigenvalue weighted by molar-refractivity contribution is 6.73. The first kappa shape index (κ1) is 46.6. The first-order valence-corrected chi connectivity index (χ1v) is 23.2. The topological polar surface area (TPSA) is 88.5 Å². The molecule has 3 fully saturated rings. The molecule has 55 heavy (non-hydrogen) atoms. The number of ether oxygens (including phenoxy) is 2. The quantitative estimate of drug-likeness (QED) is 0.0534. The lowest BCUT2D eigenvalue weighted by Crippen LogP contribution is -2.52. The van der Waals surface area contributed by atoms with Gasteiger partial charge in [-0.05, 0) is 101 Å². The molecule has 1 saturated heterocycles. The number of epoxide rings is 1. The van der Waals surface area contributed by atoms with Crippen LogP contribution in [0.3, 0.4) is 0 Å². The second-order valence-electron chi connectivity index (χ2n) is 18.4. The van der Waals surface area contributed by atoms with Gasteiger partial charge in [-0.1, -0.05) is 120 Å². The van der Waals surface area contributed by atoms with Crippen molar-refractivity contribution in [3.63, 3.8) is 0 Å². The first-order valence-electron chi connectivity index (χ1n) is 20.6. The number of fused-ring (bicyclic) bond motifs is 1. The molecule has 6 nitrogen and oxygen atoms in total. The van der Waals surface area contributed by atoms with Crippen LogP contribution in [0.1, 0.15) is 129 Å². The molecule has 0 aromatic rings. The van der Waals surface area contributed by atoms with Gasteiger partial charge < -0.3 is 24.1 Å². The molecule has 0 aromatic heterocycles. The number of esters is 1. The lowest BCUT2D eigenvalue weighted by Gasteiger charge is -2.45. The summed E-state index contributed by atoms with van der Waals surface area (Å²) in [5.74, 6) is -0.320. The number of carbonyl (C=O) groups is 1. The molecule has 306 valence electrons. The Balaban J connectivity index is 1.55. The summed E-state index contributed by atoms with van der Waals surface area (Å²) in [7, 11) is -1.71. The molecule has 6 atom stereocenters. The monoisotopic (exact) mass is 775 g/mol. The summed E-state index contributed by atoms with van der Waals surface area (Å²) in [6.07, 6.45) is 25.1. The van der Waals surface area contributed by atoms with E-state index in [0.717, 1.165) is 58.8 Å². The molecule has 1 unspecified atom stereocenters. The normalized spacial score (nSPS) is 30.8. The van der Waals surface area contributed by atoms with Gasteiger partial charge in [0.15, 0.2) is 8.32 Å². The van der Waals surface area contributed by atoms with Crippen molar-refractivity contribution >= 4 is 14.3 Å². The van der Waals surface area contributed by atoms with Crippen LogP contribution in [-0.4, -0.2) is 59.6 Å². The van der Waals surface area contributed by atoms with Crippen molar-refractivity contribution < 1.29 is 28.9 Å². The molecule has 0 aromatic carbocycles. The molecule has 1 aliphatic heterocycles. The van der Waals surface area contributed by atoms with Crippen molar-refractivity contribution in [2.45, 2.75) is 182 Å². The first-order chi connectivity index (χ1) is 25.5. The summed E-state index contributed by atoms with van der Waals surface area (Å²) in [4.78, 5) is 11.5. The zero-order chi connectivity index (χ0) is 41.5. The summed E-state index contributed by atoms with van der Waals surface area (Å²) in [6, 6.07) is 3.47. The van der Waals surface area contributed by atoms with E-state index in [1.807, 2.05) is 56.4 Å². The highest BCUT2D eigenvalue weighted by Gasteiger charge is 2.76. The zero-order valence-electron chi connectivity index (χ0n) is 36.8. The molecule has 3 rings (SSSR count). The average Bonchev–Trinajstić information content (AvgIpc) is 3.68. The van der Waals surface area contributed by atoms with Crippen molar-refractivity contribution in [1.29, 1.82) is 0 Å². The maximum absolute atomic E-state index is 11.5. The van der Waals surface area contributed by atoms with E-state index in [1.54, 1.807) is 6.92 Å². The van der Waals surface area contributed by atoms with Crippen molar-refractivity contribution in [1.82, 2.24) is 0 Å². The Bertz CT molecular complexity index is 1630. The van der Waals surface area contributed by atoms with Gasteiger partial charge in [-0.25, -0.2) is 0 Å². The zero-order valence-corrected chi connectivity index (χ0v) is 37.8. The van der Waals surface area contributed by atoms with Crippen molar-refractivity contribution in [2.75, 3.05) is 0 Å². The van der Waals surface area contributed by atoms with Crippen LogP contribution < -0.4 is 0 Å². The lowest BCUT2D eigenvalue weighted by molar-refractivity contribution is -0.152. The summed E-state index contributed by atoms with van der Waals surface area (Å²) < 4.78 is 19.0. The molecule has 2 aliphatic carbocycles. The maximum atomic E-state index is 11.5. The van der Waals surface area contributed by atoms with E-state index >= 15 is 0 Å². The number of aliphatic hydroxyl groups is 2. The Morgan fingerprint density at radius 3 is 1.85 bits per heavy atom. The predicted octanol–water partition coefficient (Wildman–Crippen LogP) is 11.5. The molecule has 7 heteroatoms. The van der Waals surface area contributed by atoms with Crippen LogP contribution in [-0.2, 0) is 18.7 Å². The van der Waals surface area contributed by atoms with Crippen LogP contribution in [0.4, 0.5) is 0 Å². The average molecular weight is 775 g/mol. The van der Waals surface area contributed by atoms with E-state index in [9.17, 15) is 15.0 Å². The highest BCUT2D eigenvalue weighted by Crippen LogP contribution is 2.68. The van der Waals surface area contributed by atoms with Gasteiger partial charge in [-0.3, -0.25) is 4.79 Å². The third kappa shape index (κ3) is 11.9. The standard InChI is InChI=1S/C48H74O6Si/c1-15-55(16-2,17-3)53-41-31-45(11,12)48(47(14,33-41)54-48)34-42(50)38(7)27-21-26-36(5)23-19-18-22-35(4)24-20-25-37(6)28-29-43-44(9,10)30-40(52-39(8)49)32-46(43,13)51/h18-28,40-42,50-51H,15-17,30-34H2,1-14H3/b19-18+,24-20+,26-21+,35-22+,36-23+,37-25+,38-27+/t29?,40-,41-,42?,46+,47+,48-/m0/s1. The lowest BCUT2D eigenvalue weighted by atomic mass is 9.61. The second-order valence-corrected chi connectivity index (χ2v) is 23.1. The Morgan fingerprint density at radius 1 is 0.800 bits per heavy atom. The van der Waals surface area contributed by atoms with Gasteiger partial charge in [0.2, 0.25) is 0 Å². The van der Waals surface area contributed by atoms with Gasteiger partial charge in [0.25, 0.3) is 0 Å². The number of rotatable bonds is 16. The third-order valence-corrected chi connectivity index (χ3v) is 17.3. The van der Waals surface area contributed by atoms with Crippen LogP contribution in [0.2, 0.25) is 18.1 Å². The van der Waals surface area contributed by atoms with Crippen LogP contribution >= 0.6 is 0 Å². The van der Waals surface area contributed by atoms with E-state index < -0.39 is 20.0 Å². The summed E-state index contributed by atoms with van der Waals surface area (Å²) in [6.45, 7) is 29.1. The SMILES string of the molecule is CC[Si](CC)(CC)O[C@H]1CC(C)(C)[C@]2(CC(O)/C(C)=C/C=C/C(C)=C/C=C/C=C(C)/C=C/C=C(\C)C=C=C3C(C)(C)C[C@H](OC(C)=O)C[C@@]3(C)O)O[C@]2(C)C1. The molecular weight excluding hydrogens is 701 g/mol. The van der Waals surface area contributed by atoms with E-state index in [1.165, 1.54) is 6.92 Å². The van der Waals surface area contributed by atoms with E-state index in [-0.39, 0.29) is 40.2 Å². The summed E-state index contributed by atoms with van der Waals surface area (Å²) in [5.41, 5.74) is 6.22.